The Morgan fingerprint density at radius 3 is 2.54 bits per heavy atom. The van der Waals surface area contributed by atoms with E-state index in [1.165, 1.54) is 12.1 Å². The van der Waals surface area contributed by atoms with Gasteiger partial charge in [0.1, 0.15) is 11.6 Å². The van der Waals surface area contributed by atoms with Gasteiger partial charge in [0, 0.05) is 18.7 Å². The van der Waals surface area contributed by atoms with Crippen LogP contribution in [0.15, 0.2) is 71.1 Å². The topological polar surface area (TPSA) is 51.5 Å². The zero-order valence-electron chi connectivity index (χ0n) is 14.3. The van der Waals surface area contributed by atoms with Crippen LogP contribution in [0.4, 0.5) is 4.39 Å². The van der Waals surface area contributed by atoms with Crippen molar-refractivity contribution in [2.24, 2.45) is 0 Å². The van der Waals surface area contributed by atoms with Crippen molar-refractivity contribution in [1.29, 1.82) is 0 Å². The Kier molecular flexibility index (Phi) is 6.17. The van der Waals surface area contributed by atoms with E-state index in [0.29, 0.717) is 31.9 Å². The second-order valence-electron chi connectivity index (χ2n) is 5.82. The molecule has 0 saturated carbocycles. The van der Waals surface area contributed by atoms with Crippen LogP contribution in [0, 0.1) is 5.82 Å². The van der Waals surface area contributed by atoms with Crippen LogP contribution in [0.5, 0.6) is 0 Å². The summed E-state index contributed by atoms with van der Waals surface area (Å²) in [5.74, 6) is 0.171. The van der Waals surface area contributed by atoms with Crippen LogP contribution >= 0.6 is 0 Å². The van der Waals surface area contributed by atoms with Gasteiger partial charge in [0.15, 0.2) is 5.76 Å². The van der Waals surface area contributed by atoms with Gasteiger partial charge in [-0.15, -0.1) is 0 Å². The van der Waals surface area contributed by atoms with Crippen LogP contribution in [0.2, 0.25) is 0 Å². The lowest BCUT2D eigenvalue weighted by Crippen LogP contribution is -2.24. The largest absolute Gasteiger partial charge is 0.451 e. The number of hydrogen-bond acceptors (Lipinski definition) is 3. The van der Waals surface area contributed by atoms with Gasteiger partial charge in [-0.1, -0.05) is 30.3 Å². The Bertz CT molecular complexity index is 828. The molecule has 0 radical (unpaired) electrons. The van der Waals surface area contributed by atoms with Crippen LogP contribution in [0.3, 0.4) is 0 Å². The number of carbonyl (C=O) groups excluding carboxylic acids is 1. The Hall–Kier alpha value is -2.92. The van der Waals surface area contributed by atoms with Crippen molar-refractivity contribution in [2.45, 2.75) is 13.0 Å². The summed E-state index contributed by atoms with van der Waals surface area (Å²) < 4.78 is 24.1. The van der Waals surface area contributed by atoms with E-state index in [-0.39, 0.29) is 17.5 Å². The van der Waals surface area contributed by atoms with E-state index in [2.05, 4.69) is 5.32 Å². The summed E-state index contributed by atoms with van der Waals surface area (Å²) in [4.78, 5) is 12.1. The molecular formula is C21H20FNO3. The van der Waals surface area contributed by atoms with Gasteiger partial charge in [-0.25, -0.2) is 4.39 Å². The molecule has 3 aromatic rings. The SMILES string of the molecule is O=C(NCCCOCc1ccccc1)c1ccc(-c2ccc(F)cc2)o1. The molecule has 3 rings (SSSR count). The van der Waals surface area contributed by atoms with Crippen molar-refractivity contribution in [3.63, 3.8) is 0 Å². The fourth-order valence-electron chi connectivity index (χ4n) is 2.46. The highest BCUT2D eigenvalue weighted by molar-refractivity contribution is 5.92. The first-order valence-corrected chi connectivity index (χ1v) is 8.48. The van der Waals surface area contributed by atoms with Gasteiger partial charge in [0.25, 0.3) is 5.91 Å². The van der Waals surface area contributed by atoms with Crippen molar-refractivity contribution in [3.8, 4) is 11.3 Å². The van der Waals surface area contributed by atoms with Gasteiger partial charge in [-0.05, 0) is 48.4 Å². The molecule has 134 valence electrons. The maximum Gasteiger partial charge on any atom is 0.287 e. The number of rotatable bonds is 8. The predicted octanol–water partition coefficient (Wildman–Crippen LogP) is 4.42. The number of halogens is 1. The molecule has 4 nitrogen and oxygen atoms in total. The third-order valence-corrected chi connectivity index (χ3v) is 3.82. The lowest BCUT2D eigenvalue weighted by atomic mass is 10.2. The fourth-order valence-corrected chi connectivity index (χ4v) is 2.46. The molecule has 0 saturated heterocycles. The average molecular weight is 353 g/mol. The second-order valence-corrected chi connectivity index (χ2v) is 5.82. The highest BCUT2D eigenvalue weighted by Crippen LogP contribution is 2.22. The summed E-state index contributed by atoms with van der Waals surface area (Å²) >= 11 is 0. The van der Waals surface area contributed by atoms with Crippen LogP contribution in [-0.4, -0.2) is 19.1 Å². The number of carbonyl (C=O) groups is 1. The Balaban J connectivity index is 1.39. The van der Waals surface area contributed by atoms with E-state index < -0.39 is 0 Å². The molecule has 0 spiro atoms. The summed E-state index contributed by atoms with van der Waals surface area (Å²) in [6.45, 7) is 1.63. The molecule has 0 unspecified atom stereocenters. The number of ether oxygens (including phenoxy) is 1. The van der Waals surface area contributed by atoms with Gasteiger partial charge in [-0.2, -0.15) is 0 Å². The molecule has 0 fully saturated rings. The highest BCUT2D eigenvalue weighted by atomic mass is 19.1. The van der Waals surface area contributed by atoms with Crippen LogP contribution in [0.25, 0.3) is 11.3 Å². The first-order valence-electron chi connectivity index (χ1n) is 8.48. The number of amides is 1. The summed E-state index contributed by atoms with van der Waals surface area (Å²) in [7, 11) is 0. The molecule has 26 heavy (non-hydrogen) atoms. The molecule has 1 N–H and O–H groups in total. The number of furan rings is 1. The van der Waals surface area contributed by atoms with Gasteiger partial charge < -0.3 is 14.5 Å². The van der Waals surface area contributed by atoms with Crippen LogP contribution in [-0.2, 0) is 11.3 Å². The monoisotopic (exact) mass is 353 g/mol. The minimum absolute atomic E-state index is 0.231. The first kappa shape index (κ1) is 17.9. The molecule has 2 aromatic carbocycles. The van der Waals surface area contributed by atoms with Gasteiger partial charge >= 0.3 is 0 Å². The summed E-state index contributed by atoms with van der Waals surface area (Å²) in [5.41, 5.74) is 1.85. The predicted molar refractivity (Wildman–Crippen MR) is 97.2 cm³/mol. The quantitative estimate of drug-likeness (QED) is 0.610. The van der Waals surface area contributed by atoms with Crippen molar-refractivity contribution < 1.29 is 18.3 Å². The minimum atomic E-state index is -0.312. The van der Waals surface area contributed by atoms with Gasteiger partial charge in [-0.3, -0.25) is 4.79 Å². The molecule has 0 aliphatic rings. The van der Waals surface area contributed by atoms with Crippen molar-refractivity contribution in [3.05, 3.63) is 83.9 Å². The van der Waals surface area contributed by atoms with Crippen LogP contribution < -0.4 is 5.32 Å². The summed E-state index contributed by atoms with van der Waals surface area (Å²) in [6.07, 6.45) is 0.712. The van der Waals surface area contributed by atoms with E-state index >= 15 is 0 Å². The Morgan fingerprint density at radius 2 is 1.77 bits per heavy atom. The Morgan fingerprint density at radius 1 is 1.00 bits per heavy atom. The lowest BCUT2D eigenvalue weighted by Gasteiger charge is -2.05. The molecule has 0 atom stereocenters. The smallest absolute Gasteiger partial charge is 0.287 e. The molecule has 0 aliphatic heterocycles. The average Bonchev–Trinajstić information content (AvgIpc) is 3.16. The molecule has 1 amide bonds. The van der Waals surface area contributed by atoms with Crippen molar-refractivity contribution >= 4 is 5.91 Å². The first-order chi connectivity index (χ1) is 12.7. The highest BCUT2D eigenvalue weighted by Gasteiger charge is 2.11. The molecule has 0 bridgehead atoms. The van der Waals surface area contributed by atoms with Crippen molar-refractivity contribution in [2.75, 3.05) is 13.2 Å². The molecule has 0 aliphatic carbocycles. The molecule has 5 heteroatoms. The maximum atomic E-state index is 13.0. The van der Waals surface area contributed by atoms with E-state index in [9.17, 15) is 9.18 Å². The maximum absolute atomic E-state index is 13.0. The lowest BCUT2D eigenvalue weighted by molar-refractivity contribution is 0.0909. The third-order valence-electron chi connectivity index (χ3n) is 3.82. The number of hydrogen-bond donors (Lipinski definition) is 1. The van der Waals surface area contributed by atoms with Gasteiger partial charge in [0.05, 0.1) is 6.61 Å². The van der Waals surface area contributed by atoms with E-state index in [1.807, 2.05) is 30.3 Å². The third kappa shape index (κ3) is 5.04. The number of nitrogens with one attached hydrogen (secondary N) is 1. The second kappa shape index (κ2) is 8.97. The van der Waals surface area contributed by atoms with E-state index in [1.54, 1.807) is 24.3 Å². The molecule has 1 aromatic heterocycles. The number of benzene rings is 2. The zero-order chi connectivity index (χ0) is 18.2. The molecular weight excluding hydrogens is 333 g/mol. The van der Waals surface area contributed by atoms with Crippen molar-refractivity contribution in [1.82, 2.24) is 5.32 Å². The zero-order valence-corrected chi connectivity index (χ0v) is 14.3. The van der Waals surface area contributed by atoms with E-state index in [4.69, 9.17) is 9.15 Å². The van der Waals surface area contributed by atoms with Gasteiger partial charge in [0.2, 0.25) is 0 Å². The minimum Gasteiger partial charge on any atom is -0.451 e. The standard InChI is InChI=1S/C21H20FNO3/c22-18-9-7-17(8-10-18)19-11-12-20(26-19)21(24)23-13-4-14-25-15-16-5-2-1-3-6-16/h1-3,5-12H,4,13-15H2,(H,23,24). The Labute approximate surface area is 151 Å². The normalized spacial score (nSPS) is 10.7. The van der Waals surface area contributed by atoms with E-state index in [0.717, 1.165) is 11.1 Å². The summed E-state index contributed by atoms with van der Waals surface area (Å²) in [6, 6.07) is 19.2. The molecule has 1 heterocycles. The fraction of sp³-hybridized carbons (Fsp3) is 0.190. The van der Waals surface area contributed by atoms with Crippen LogP contribution in [0.1, 0.15) is 22.5 Å². The summed E-state index contributed by atoms with van der Waals surface area (Å²) in [5, 5.41) is 2.80.